The Balaban J connectivity index is 1.92. The fourth-order valence-corrected chi connectivity index (χ4v) is 2.39. The molecule has 7 heteroatoms. The molecule has 22 heavy (non-hydrogen) atoms. The maximum absolute atomic E-state index is 12.1. The Hall–Kier alpha value is -1.73. The van der Waals surface area contributed by atoms with Gasteiger partial charge in [-0.3, -0.25) is 0 Å². The molecule has 2 N–H and O–H groups in total. The summed E-state index contributed by atoms with van der Waals surface area (Å²) in [5, 5.41) is 12.4. The summed E-state index contributed by atoms with van der Waals surface area (Å²) in [7, 11) is 1.55. The highest BCUT2D eigenvalue weighted by Gasteiger charge is 2.08. The minimum absolute atomic E-state index is 0.117. The predicted octanol–water partition coefficient (Wildman–Crippen LogP) is 3.85. The van der Waals surface area contributed by atoms with Crippen LogP contribution in [0.5, 0.6) is 5.75 Å². The number of halogens is 2. The van der Waals surface area contributed by atoms with Crippen molar-refractivity contribution in [2.75, 3.05) is 12.4 Å². The first kappa shape index (κ1) is 16.6. The monoisotopic (exact) mass is 329 g/mol. The van der Waals surface area contributed by atoms with E-state index in [4.69, 9.17) is 9.15 Å². The standard InChI is InChI=1S/C15H17F2NO3S/c1-20-14-5-2-11(6-10(14)8-19)18-7-12-3-4-13(21-12)9-22-15(16)17/h2-6,15,18-19H,7-9H2,1H3. The molecular formula is C15H17F2NO3S. The minimum Gasteiger partial charge on any atom is -0.496 e. The molecule has 120 valence electrons. The smallest absolute Gasteiger partial charge is 0.284 e. The molecule has 1 heterocycles. The molecule has 4 nitrogen and oxygen atoms in total. The molecule has 0 saturated carbocycles. The predicted molar refractivity (Wildman–Crippen MR) is 82.3 cm³/mol. The number of hydrogen-bond acceptors (Lipinski definition) is 5. The molecule has 0 fully saturated rings. The van der Waals surface area contributed by atoms with Gasteiger partial charge in [0.2, 0.25) is 0 Å². The van der Waals surface area contributed by atoms with Gasteiger partial charge in [0.05, 0.1) is 26.0 Å². The number of aliphatic hydroxyl groups excluding tert-OH is 1. The van der Waals surface area contributed by atoms with Gasteiger partial charge in [0.15, 0.2) is 0 Å². The summed E-state index contributed by atoms with van der Waals surface area (Å²) >= 11 is 0.532. The number of aliphatic hydroxyl groups is 1. The van der Waals surface area contributed by atoms with Gasteiger partial charge in [0.25, 0.3) is 5.76 Å². The quantitative estimate of drug-likeness (QED) is 0.770. The summed E-state index contributed by atoms with van der Waals surface area (Å²) in [6.07, 6.45) is 0. The lowest BCUT2D eigenvalue weighted by molar-refractivity contribution is 0.251. The molecule has 1 aromatic heterocycles. The molecule has 0 aliphatic rings. The number of rotatable bonds is 8. The number of thioether (sulfide) groups is 1. The Morgan fingerprint density at radius 3 is 2.73 bits per heavy atom. The average molecular weight is 329 g/mol. The first-order chi connectivity index (χ1) is 10.6. The highest BCUT2D eigenvalue weighted by molar-refractivity contribution is 7.98. The molecule has 0 atom stereocenters. The van der Waals surface area contributed by atoms with Crippen LogP contribution in [0.2, 0.25) is 0 Å². The number of nitrogens with one attached hydrogen (secondary N) is 1. The second-order valence-electron chi connectivity index (χ2n) is 4.48. The second-order valence-corrected chi connectivity index (χ2v) is 5.46. The third-order valence-electron chi connectivity index (χ3n) is 2.99. The van der Waals surface area contributed by atoms with Gasteiger partial charge in [0.1, 0.15) is 17.3 Å². The molecule has 0 unspecified atom stereocenters. The van der Waals surface area contributed by atoms with E-state index in [1.54, 1.807) is 31.4 Å². The SMILES string of the molecule is COc1ccc(NCc2ccc(CSC(F)F)o2)cc1CO. The van der Waals surface area contributed by atoms with Gasteiger partial charge in [-0.25, -0.2) is 0 Å². The summed E-state index contributed by atoms with van der Waals surface area (Å²) in [5.74, 6) is -0.450. The fourth-order valence-electron chi connectivity index (χ4n) is 1.94. The Morgan fingerprint density at radius 2 is 2.05 bits per heavy atom. The van der Waals surface area contributed by atoms with Crippen LogP contribution in [-0.2, 0) is 18.9 Å². The summed E-state index contributed by atoms with van der Waals surface area (Å²) in [6.45, 7) is 0.311. The number of ether oxygens (including phenoxy) is 1. The van der Waals surface area contributed by atoms with Crippen LogP contribution >= 0.6 is 11.8 Å². The van der Waals surface area contributed by atoms with Gasteiger partial charge in [-0.15, -0.1) is 0 Å². The zero-order valence-electron chi connectivity index (χ0n) is 12.0. The van der Waals surface area contributed by atoms with Crippen molar-refractivity contribution < 1.29 is 23.0 Å². The topological polar surface area (TPSA) is 54.6 Å². The van der Waals surface area contributed by atoms with E-state index in [0.29, 0.717) is 41.1 Å². The van der Waals surface area contributed by atoms with Crippen LogP contribution in [0, 0.1) is 0 Å². The van der Waals surface area contributed by atoms with E-state index in [1.807, 2.05) is 6.07 Å². The van der Waals surface area contributed by atoms with Crippen molar-refractivity contribution in [1.82, 2.24) is 0 Å². The van der Waals surface area contributed by atoms with Crippen molar-refractivity contribution in [3.05, 3.63) is 47.4 Å². The molecule has 0 radical (unpaired) electrons. The van der Waals surface area contributed by atoms with Crippen molar-refractivity contribution in [3.8, 4) is 5.75 Å². The third-order valence-corrected chi connectivity index (χ3v) is 3.69. The minimum atomic E-state index is -2.40. The van der Waals surface area contributed by atoms with Gasteiger partial charge in [-0.05, 0) is 30.3 Å². The summed E-state index contributed by atoms with van der Waals surface area (Å²) in [5.41, 5.74) is 1.49. The number of hydrogen-bond donors (Lipinski definition) is 2. The molecule has 0 bridgehead atoms. The number of benzene rings is 1. The van der Waals surface area contributed by atoms with Gasteiger partial charge in [-0.1, -0.05) is 11.8 Å². The van der Waals surface area contributed by atoms with Crippen LogP contribution in [0.25, 0.3) is 0 Å². The van der Waals surface area contributed by atoms with Crippen LogP contribution in [0.1, 0.15) is 17.1 Å². The van der Waals surface area contributed by atoms with Crippen LogP contribution in [0.15, 0.2) is 34.7 Å². The maximum atomic E-state index is 12.1. The Morgan fingerprint density at radius 1 is 1.27 bits per heavy atom. The summed E-state index contributed by atoms with van der Waals surface area (Å²) in [6, 6.07) is 8.83. The molecule has 1 aromatic carbocycles. The molecule has 0 spiro atoms. The zero-order chi connectivity index (χ0) is 15.9. The third kappa shape index (κ3) is 4.64. The molecule has 0 aliphatic carbocycles. The van der Waals surface area contributed by atoms with Gasteiger partial charge < -0.3 is 19.6 Å². The lowest BCUT2D eigenvalue weighted by atomic mass is 10.2. The number of furan rings is 1. The van der Waals surface area contributed by atoms with Crippen LogP contribution < -0.4 is 10.1 Å². The Kier molecular flexibility index (Phi) is 6.09. The fraction of sp³-hybridized carbons (Fsp3) is 0.333. The van der Waals surface area contributed by atoms with E-state index >= 15 is 0 Å². The number of methoxy groups -OCH3 is 1. The Bertz CT molecular complexity index is 604. The maximum Gasteiger partial charge on any atom is 0.284 e. The first-order valence-electron chi connectivity index (χ1n) is 6.61. The van der Waals surface area contributed by atoms with E-state index in [2.05, 4.69) is 5.32 Å². The van der Waals surface area contributed by atoms with Crippen molar-refractivity contribution in [1.29, 1.82) is 0 Å². The van der Waals surface area contributed by atoms with E-state index in [-0.39, 0.29) is 12.4 Å². The van der Waals surface area contributed by atoms with Crippen molar-refractivity contribution in [3.63, 3.8) is 0 Å². The first-order valence-corrected chi connectivity index (χ1v) is 7.66. The number of alkyl halides is 2. The zero-order valence-corrected chi connectivity index (χ0v) is 12.8. The lowest BCUT2D eigenvalue weighted by Crippen LogP contribution is -2.00. The largest absolute Gasteiger partial charge is 0.496 e. The highest BCUT2D eigenvalue weighted by atomic mass is 32.2. The van der Waals surface area contributed by atoms with E-state index in [9.17, 15) is 13.9 Å². The molecule has 0 amide bonds. The van der Waals surface area contributed by atoms with E-state index < -0.39 is 5.76 Å². The average Bonchev–Trinajstić information content (AvgIpc) is 2.98. The van der Waals surface area contributed by atoms with E-state index in [0.717, 1.165) is 5.69 Å². The summed E-state index contributed by atoms with van der Waals surface area (Å²) < 4.78 is 34.8. The van der Waals surface area contributed by atoms with Crippen LogP contribution in [0.4, 0.5) is 14.5 Å². The molecule has 0 aliphatic heterocycles. The normalized spacial score (nSPS) is 11.0. The molecule has 0 saturated heterocycles. The summed E-state index contributed by atoms with van der Waals surface area (Å²) in [4.78, 5) is 0. The van der Waals surface area contributed by atoms with Crippen LogP contribution in [-0.4, -0.2) is 18.0 Å². The van der Waals surface area contributed by atoms with Gasteiger partial charge >= 0.3 is 0 Å². The van der Waals surface area contributed by atoms with Crippen LogP contribution in [0.3, 0.4) is 0 Å². The lowest BCUT2D eigenvalue weighted by Gasteiger charge is -2.10. The van der Waals surface area contributed by atoms with E-state index in [1.165, 1.54) is 0 Å². The second kappa shape index (κ2) is 8.05. The number of anilines is 1. The van der Waals surface area contributed by atoms with Gasteiger partial charge in [-0.2, -0.15) is 8.78 Å². The van der Waals surface area contributed by atoms with Crippen molar-refractivity contribution >= 4 is 17.4 Å². The van der Waals surface area contributed by atoms with Crippen molar-refractivity contribution in [2.45, 2.75) is 24.7 Å². The van der Waals surface area contributed by atoms with Crippen molar-refractivity contribution in [2.24, 2.45) is 0 Å². The van der Waals surface area contributed by atoms with Gasteiger partial charge in [0, 0.05) is 11.3 Å². The molecule has 2 rings (SSSR count). The molecule has 2 aromatic rings. The highest BCUT2D eigenvalue weighted by Crippen LogP contribution is 2.24. The Labute approximate surface area is 131 Å². The molecular weight excluding hydrogens is 312 g/mol.